The summed E-state index contributed by atoms with van der Waals surface area (Å²) in [6.07, 6.45) is 4.38. The Morgan fingerprint density at radius 3 is 2.27 bits per heavy atom. The van der Waals surface area contributed by atoms with Crippen LogP contribution in [0.2, 0.25) is 0 Å². The van der Waals surface area contributed by atoms with Gasteiger partial charge in [0.25, 0.3) is 0 Å². The number of carbonyl (C=O) groups excluding carboxylic acids is 2. The van der Waals surface area contributed by atoms with Gasteiger partial charge in [-0.1, -0.05) is 67.1 Å². The third kappa shape index (κ3) is 7.70. The van der Waals surface area contributed by atoms with Gasteiger partial charge in [-0.2, -0.15) is 0 Å². The first-order valence-electron chi connectivity index (χ1n) is 11.7. The molecule has 33 heavy (non-hydrogen) atoms. The van der Waals surface area contributed by atoms with Gasteiger partial charge in [0.05, 0.1) is 6.04 Å². The van der Waals surface area contributed by atoms with Crippen LogP contribution in [-0.2, 0) is 16.0 Å². The molecule has 6 nitrogen and oxygen atoms in total. The Hall–Kier alpha value is -3.22. The first-order valence-corrected chi connectivity index (χ1v) is 11.7. The smallest absolute Gasteiger partial charge is 0.246 e. The van der Waals surface area contributed by atoms with E-state index in [0.29, 0.717) is 31.5 Å². The van der Waals surface area contributed by atoms with Crippen LogP contribution in [0.1, 0.15) is 37.7 Å². The molecule has 2 atom stereocenters. The molecule has 6 N–H and O–H groups in total. The second-order valence-electron chi connectivity index (χ2n) is 8.38. The Kier molecular flexibility index (Phi) is 9.42. The summed E-state index contributed by atoms with van der Waals surface area (Å²) in [6, 6.07) is 22.7. The van der Waals surface area contributed by atoms with Gasteiger partial charge in [0.2, 0.25) is 11.8 Å². The van der Waals surface area contributed by atoms with Gasteiger partial charge < -0.3 is 22.1 Å². The van der Waals surface area contributed by atoms with Gasteiger partial charge >= 0.3 is 0 Å². The van der Waals surface area contributed by atoms with Crippen LogP contribution in [0, 0.1) is 0 Å². The van der Waals surface area contributed by atoms with Crippen LogP contribution in [0.5, 0.6) is 0 Å². The van der Waals surface area contributed by atoms with Crippen molar-refractivity contribution in [3.63, 3.8) is 0 Å². The average molecular weight is 447 g/mol. The Labute approximate surface area is 195 Å². The number of aryl methyl sites for hydroxylation is 1. The van der Waals surface area contributed by atoms with Crippen molar-refractivity contribution in [2.24, 2.45) is 11.5 Å². The maximum absolute atomic E-state index is 13.1. The second-order valence-corrected chi connectivity index (χ2v) is 8.38. The van der Waals surface area contributed by atoms with Crippen molar-refractivity contribution in [3.05, 3.63) is 78.4 Å². The van der Waals surface area contributed by atoms with Gasteiger partial charge in [0, 0.05) is 5.69 Å². The normalized spacial score (nSPS) is 12.8. The lowest BCUT2D eigenvalue weighted by molar-refractivity contribution is -0.127. The first kappa shape index (κ1) is 24.4. The fourth-order valence-corrected chi connectivity index (χ4v) is 3.84. The van der Waals surface area contributed by atoms with E-state index >= 15 is 0 Å². The first-order chi connectivity index (χ1) is 16.1. The maximum Gasteiger partial charge on any atom is 0.246 e. The molecule has 3 aromatic carbocycles. The van der Waals surface area contributed by atoms with Crippen molar-refractivity contribution in [3.8, 4) is 0 Å². The predicted molar refractivity (Wildman–Crippen MR) is 135 cm³/mol. The molecule has 0 saturated heterocycles. The number of fused-ring (bicyclic) bond motifs is 1. The van der Waals surface area contributed by atoms with E-state index in [9.17, 15) is 9.59 Å². The van der Waals surface area contributed by atoms with E-state index in [1.54, 1.807) is 0 Å². The van der Waals surface area contributed by atoms with Crippen LogP contribution in [0.3, 0.4) is 0 Å². The van der Waals surface area contributed by atoms with E-state index in [1.807, 2.05) is 60.7 Å². The van der Waals surface area contributed by atoms with Crippen molar-refractivity contribution in [1.82, 2.24) is 5.32 Å². The molecule has 0 fully saturated rings. The lowest BCUT2D eigenvalue weighted by Crippen LogP contribution is -2.50. The summed E-state index contributed by atoms with van der Waals surface area (Å²) < 4.78 is 0. The van der Waals surface area contributed by atoms with Crippen LogP contribution in [0.25, 0.3) is 10.8 Å². The van der Waals surface area contributed by atoms with Crippen LogP contribution in [0.4, 0.5) is 5.69 Å². The molecular weight excluding hydrogens is 412 g/mol. The minimum absolute atomic E-state index is 0.232. The molecule has 0 aliphatic carbocycles. The standard InChI is InChI=1S/C27H34N4O2/c28-18-8-14-24(29)26(32)31-25(15-7-4-11-20-9-2-1-3-10-20)27(33)30-23-17-16-21-12-5-6-13-22(21)19-23/h1-3,5-6,9-10,12-13,16-17,19,24-25H,4,7-8,11,14-15,18,28-29H2,(H,30,33)(H,31,32)/t24-,25-/m0/s1. The number of anilines is 1. The third-order valence-corrected chi connectivity index (χ3v) is 5.76. The number of benzene rings is 3. The van der Waals surface area contributed by atoms with Crippen molar-refractivity contribution in [2.75, 3.05) is 11.9 Å². The van der Waals surface area contributed by atoms with E-state index in [4.69, 9.17) is 11.5 Å². The van der Waals surface area contributed by atoms with Gasteiger partial charge in [0.15, 0.2) is 0 Å². The number of carbonyl (C=O) groups is 2. The van der Waals surface area contributed by atoms with E-state index < -0.39 is 12.1 Å². The number of rotatable bonds is 12. The Morgan fingerprint density at radius 2 is 1.52 bits per heavy atom. The van der Waals surface area contributed by atoms with Crippen LogP contribution < -0.4 is 22.1 Å². The largest absolute Gasteiger partial charge is 0.343 e. The molecule has 0 bridgehead atoms. The highest BCUT2D eigenvalue weighted by molar-refractivity contribution is 5.99. The summed E-state index contributed by atoms with van der Waals surface area (Å²) in [6.45, 7) is 0.479. The van der Waals surface area contributed by atoms with Gasteiger partial charge in [-0.15, -0.1) is 0 Å². The zero-order chi connectivity index (χ0) is 23.5. The zero-order valence-corrected chi connectivity index (χ0v) is 19.0. The fraction of sp³-hybridized carbons (Fsp3) is 0.333. The summed E-state index contributed by atoms with van der Waals surface area (Å²) in [5, 5.41) is 7.98. The summed E-state index contributed by atoms with van der Waals surface area (Å²) in [7, 11) is 0. The van der Waals surface area contributed by atoms with Gasteiger partial charge in [-0.3, -0.25) is 9.59 Å². The number of hydrogen-bond acceptors (Lipinski definition) is 4. The van der Waals surface area contributed by atoms with Gasteiger partial charge in [-0.25, -0.2) is 0 Å². The molecule has 2 amide bonds. The monoisotopic (exact) mass is 446 g/mol. The molecule has 0 saturated carbocycles. The van der Waals surface area contributed by atoms with Crippen LogP contribution in [-0.4, -0.2) is 30.4 Å². The predicted octanol–water partition coefficient (Wildman–Crippen LogP) is 3.74. The quantitative estimate of drug-likeness (QED) is 0.318. The number of nitrogens with one attached hydrogen (secondary N) is 2. The SMILES string of the molecule is NCCC[C@H](N)C(=O)N[C@@H](CCCCc1ccccc1)C(=O)Nc1ccc2ccccc2c1. The highest BCUT2D eigenvalue weighted by Crippen LogP contribution is 2.19. The molecule has 0 aliphatic rings. The summed E-state index contributed by atoms with van der Waals surface area (Å²) in [5.74, 6) is -0.547. The lowest BCUT2D eigenvalue weighted by Gasteiger charge is -2.21. The minimum Gasteiger partial charge on any atom is -0.343 e. The Balaban J connectivity index is 1.63. The number of amides is 2. The number of nitrogens with two attached hydrogens (primary N) is 2. The highest BCUT2D eigenvalue weighted by atomic mass is 16.2. The van der Waals surface area contributed by atoms with Crippen molar-refractivity contribution < 1.29 is 9.59 Å². The molecule has 0 radical (unpaired) electrons. The summed E-state index contributed by atoms with van der Waals surface area (Å²) >= 11 is 0. The van der Waals surface area contributed by atoms with E-state index in [2.05, 4.69) is 22.8 Å². The number of unbranched alkanes of at least 4 members (excludes halogenated alkanes) is 1. The van der Waals surface area contributed by atoms with Gasteiger partial charge in [0.1, 0.15) is 6.04 Å². The van der Waals surface area contributed by atoms with Crippen molar-refractivity contribution in [1.29, 1.82) is 0 Å². The lowest BCUT2D eigenvalue weighted by atomic mass is 10.0. The van der Waals surface area contributed by atoms with Crippen molar-refractivity contribution in [2.45, 2.75) is 50.6 Å². The molecule has 0 aliphatic heterocycles. The topological polar surface area (TPSA) is 110 Å². The summed E-state index contributed by atoms with van der Waals surface area (Å²) in [5.41, 5.74) is 13.5. The molecule has 0 unspecified atom stereocenters. The van der Waals surface area contributed by atoms with Crippen molar-refractivity contribution >= 4 is 28.3 Å². The highest BCUT2D eigenvalue weighted by Gasteiger charge is 2.23. The van der Waals surface area contributed by atoms with E-state index in [0.717, 1.165) is 30.0 Å². The minimum atomic E-state index is -0.672. The second kappa shape index (κ2) is 12.7. The van der Waals surface area contributed by atoms with Crippen LogP contribution >= 0.6 is 0 Å². The molecule has 3 rings (SSSR count). The molecule has 174 valence electrons. The fourth-order valence-electron chi connectivity index (χ4n) is 3.84. The average Bonchev–Trinajstić information content (AvgIpc) is 2.84. The third-order valence-electron chi connectivity index (χ3n) is 5.76. The molecular formula is C27H34N4O2. The molecule has 3 aromatic rings. The summed E-state index contributed by atoms with van der Waals surface area (Å²) in [4.78, 5) is 25.7. The van der Waals surface area contributed by atoms with Crippen LogP contribution in [0.15, 0.2) is 72.8 Å². The molecule has 0 aromatic heterocycles. The molecule has 6 heteroatoms. The maximum atomic E-state index is 13.1. The number of hydrogen-bond donors (Lipinski definition) is 4. The molecule has 0 heterocycles. The Bertz CT molecular complexity index is 1040. The van der Waals surface area contributed by atoms with E-state index in [-0.39, 0.29) is 11.8 Å². The van der Waals surface area contributed by atoms with E-state index in [1.165, 1.54) is 5.56 Å². The zero-order valence-electron chi connectivity index (χ0n) is 19.0. The Morgan fingerprint density at radius 1 is 0.788 bits per heavy atom. The van der Waals surface area contributed by atoms with Gasteiger partial charge in [-0.05, 0) is 67.1 Å². The molecule has 0 spiro atoms.